The van der Waals surface area contributed by atoms with E-state index < -0.39 is 47.0 Å². The van der Waals surface area contributed by atoms with Gasteiger partial charge in [-0.2, -0.15) is 0 Å². The first-order chi connectivity index (χ1) is 24.1. The van der Waals surface area contributed by atoms with Crippen LogP contribution in [0.2, 0.25) is 0 Å². The van der Waals surface area contributed by atoms with E-state index in [1.54, 1.807) is 84.9 Å². The molecule has 2 N–H and O–H groups in total. The number of alkyl halides is 1. The Hall–Kier alpha value is -3.92. The van der Waals surface area contributed by atoms with Crippen molar-refractivity contribution in [3.63, 3.8) is 0 Å². The number of aliphatic carboxylic acids is 1. The molecule has 3 unspecified atom stereocenters. The van der Waals surface area contributed by atoms with Crippen molar-refractivity contribution in [3.8, 4) is 5.75 Å². The molecule has 3 aromatic rings. The molecular formula is C40H50ClNO8. The summed E-state index contributed by atoms with van der Waals surface area (Å²) in [5.41, 5.74) is -3.81. The maximum absolute atomic E-state index is 13.6. The molecule has 4 rings (SSSR count). The second kappa shape index (κ2) is 18.4. The van der Waals surface area contributed by atoms with E-state index in [-0.39, 0.29) is 5.56 Å². The minimum atomic E-state index is -2.77. The zero-order valence-electron chi connectivity index (χ0n) is 29.2. The molecule has 10 heteroatoms. The average molecular weight is 708 g/mol. The highest BCUT2D eigenvalue weighted by Crippen LogP contribution is 2.55. The van der Waals surface area contributed by atoms with Gasteiger partial charge in [0.1, 0.15) is 5.75 Å². The lowest BCUT2D eigenvalue weighted by Crippen LogP contribution is -2.52. The Labute approximate surface area is 300 Å². The van der Waals surface area contributed by atoms with Gasteiger partial charge in [0.2, 0.25) is 5.60 Å². The van der Waals surface area contributed by atoms with Crippen molar-refractivity contribution in [2.45, 2.75) is 94.3 Å². The van der Waals surface area contributed by atoms with Crippen LogP contribution in [0.25, 0.3) is 0 Å². The van der Waals surface area contributed by atoms with Gasteiger partial charge in [-0.25, -0.2) is 4.79 Å². The average Bonchev–Trinajstić information content (AvgIpc) is 3.15. The lowest BCUT2D eigenvalue weighted by atomic mass is 9.77. The molecule has 0 spiro atoms. The number of hydrogen-bond donors (Lipinski definition) is 2. The van der Waals surface area contributed by atoms with E-state index in [1.807, 2.05) is 0 Å². The van der Waals surface area contributed by atoms with Crippen molar-refractivity contribution < 1.29 is 38.8 Å². The molecule has 0 bridgehead atoms. The van der Waals surface area contributed by atoms with Crippen LogP contribution in [0.15, 0.2) is 84.9 Å². The van der Waals surface area contributed by atoms with Crippen LogP contribution in [-0.4, -0.2) is 64.9 Å². The molecule has 50 heavy (non-hydrogen) atoms. The lowest BCUT2D eigenvalue weighted by Gasteiger charge is -2.45. The predicted octanol–water partition coefficient (Wildman–Crippen LogP) is 7.56. The Bertz CT molecular complexity index is 1520. The number of hydrogen-bond acceptors (Lipinski definition) is 8. The summed E-state index contributed by atoms with van der Waals surface area (Å²) in [4.78, 5) is 41.6. The van der Waals surface area contributed by atoms with Gasteiger partial charge in [0.05, 0.1) is 19.4 Å². The molecule has 9 nitrogen and oxygen atoms in total. The first kappa shape index (κ1) is 38.9. The first-order valence-corrected chi connectivity index (χ1v) is 18.1. The number of cyclic esters (lactones) is 2. The van der Waals surface area contributed by atoms with Crippen molar-refractivity contribution in [3.05, 3.63) is 102 Å². The summed E-state index contributed by atoms with van der Waals surface area (Å²) in [6, 6.07) is 23.8. The molecule has 1 aliphatic heterocycles. The Morgan fingerprint density at radius 3 is 1.74 bits per heavy atom. The summed E-state index contributed by atoms with van der Waals surface area (Å²) >= 11 is 7.44. The van der Waals surface area contributed by atoms with E-state index in [0.29, 0.717) is 23.5 Å². The zero-order chi connectivity index (χ0) is 36.0. The number of rotatable bonds is 18. The normalized spacial score (nSPS) is 22.6. The molecule has 270 valence electrons. The van der Waals surface area contributed by atoms with Crippen molar-refractivity contribution in [1.82, 2.24) is 4.90 Å². The molecule has 1 saturated heterocycles. The SMILES string of the molecule is CCN(CC)CCCCCCCCCCOc1ccc(C2(c3ccccc3)OC(=O)CC(O)(C(=O)O)CC(=O)OC2(Cl)c2ccccc2)cc1. The maximum Gasteiger partial charge on any atom is 0.336 e. The second-order valence-electron chi connectivity index (χ2n) is 12.9. The molecule has 0 aliphatic carbocycles. The summed E-state index contributed by atoms with van der Waals surface area (Å²) in [7, 11) is 0. The highest BCUT2D eigenvalue weighted by Gasteiger charge is 2.62. The molecule has 1 aliphatic rings. The highest BCUT2D eigenvalue weighted by atomic mass is 35.5. The van der Waals surface area contributed by atoms with Crippen LogP contribution in [0.1, 0.15) is 94.7 Å². The predicted molar refractivity (Wildman–Crippen MR) is 192 cm³/mol. The molecule has 0 aromatic heterocycles. The lowest BCUT2D eigenvalue weighted by molar-refractivity contribution is -0.189. The number of carboxylic acid groups (broad SMARTS) is 1. The Morgan fingerprint density at radius 1 is 0.720 bits per heavy atom. The number of aliphatic hydroxyl groups is 1. The highest BCUT2D eigenvalue weighted by molar-refractivity contribution is 6.25. The molecule has 3 atom stereocenters. The van der Waals surface area contributed by atoms with Crippen LogP contribution in [0.5, 0.6) is 5.75 Å². The van der Waals surface area contributed by atoms with Crippen LogP contribution in [0.3, 0.4) is 0 Å². The van der Waals surface area contributed by atoms with Crippen LogP contribution in [-0.2, 0) is 34.5 Å². The van der Waals surface area contributed by atoms with Gasteiger partial charge in [-0.15, -0.1) is 0 Å². The summed E-state index contributed by atoms with van der Waals surface area (Å²) in [6.07, 6.45) is 7.42. The fourth-order valence-electron chi connectivity index (χ4n) is 6.49. The van der Waals surface area contributed by atoms with Gasteiger partial charge >= 0.3 is 17.9 Å². The fraction of sp³-hybridized carbons (Fsp3) is 0.475. The van der Waals surface area contributed by atoms with E-state index in [2.05, 4.69) is 18.7 Å². The Balaban J connectivity index is 1.52. The summed E-state index contributed by atoms with van der Waals surface area (Å²) in [6.45, 7) is 8.39. The van der Waals surface area contributed by atoms with Gasteiger partial charge in [-0.3, -0.25) is 9.59 Å². The Kier molecular flexibility index (Phi) is 14.3. The zero-order valence-corrected chi connectivity index (χ0v) is 29.9. The number of benzene rings is 3. The van der Waals surface area contributed by atoms with Gasteiger partial charge in [0, 0.05) is 16.7 Å². The monoisotopic (exact) mass is 707 g/mol. The number of unbranched alkanes of at least 4 members (excludes halogenated alkanes) is 7. The number of nitrogens with zero attached hydrogens (tertiary/aromatic N) is 1. The standard InChI is InChI=1S/C40H50ClNO8/c1-3-42(4-2)27-17-9-7-5-6-8-10-18-28-48-34-25-23-32(24-26-34)39(31-19-13-11-14-20-31)40(41,33-21-15-12-16-22-33)50-36(44)30-38(47,37(45)46)29-35(43)49-39/h11-16,19-26,47H,3-10,17-18,27-30H2,1-2H3,(H,45,46). The van der Waals surface area contributed by atoms with E-state index >= 15 is 0 Å². The van der Waals surface area contributed by atoms with Crippen LogP contribution in [0, 0.1) is 0 Å². The van der Waals surface area contributed by atoms with Gasteiger partial charge in [0.25, 0.3) is 5.06 Å². The van der Waals surface area contributed by atoms with Crippen LogP contribution < -0.4 is 4.74 Å². The van der Waals surface area contributed by atoms with E-state index in [0.717, 1.165) is 32.4 Å². The number of esters is 2. The van der Waals surface area contributed by atoms with E-state index in [1.165, 1.54) is 38.6 Å². The molecular weight excluding hydrogens is 658 g/mol. The molecule has 0 amide bonds. The number of carboxylic acids is 1. The van der Waals surface area contributed by atoms with E-state index in [9.17, 15) is 24.6 Å². The van der Waals surface area contributed by atoms with Crippen LogP contribution in [0.4, 0.5) is 0 Å². The minimum absolute atomic E-state index is 0.271. The summed E-state index contributed by atoms with van der Waals surface area (Å²) < 4.78 is 18.2. The van der Waals surface area contributed by atoms with Crippen molar-refractivity contribution in [2.75, 3.05) is 26.2 Å². The van der Waals surface area contributed by atoms with E-state index in [4.69, 9.17) is 25.8 Å². The van der Waals surface area contributed by atoms with Gasteiger partial charge in [-0.05, 0) is 44.6 Å². The molecule has 0 radical (unpaired) electrons. The number of carbonyl (C=O) groups excluding carboxylic acids is 2. The van der Waals surface area contributed by atoms with Crippen molar-refractivity contribution in [2.24, 2.45) is 0 Å². The minimum Gasteiger partial charge on any atom is -0.494 e. The summed E-state index contributed by atoms with van der Waals surface area (Å²) in [5.74, 6) is -3.38. The summed E-state index contributed by atoms with van der Waals surface area (Å²) in [5, 5.41) is 18.4. The third-order valence-electron chi connectivity index (χ3n) is 9.36. The maximum atomic E-state index is 13.6. The van der Waals surface area contributed by atoms with Crippen molar-refractivity contribution in [1.29, 1.82) is 0 Å². The Morgan fingerprint density at radius 2 is 1.20 bits per heavy atom. The fourth-order valence-corrected chi connectivity index (χ4v) is 6.95. The van der Waals surface area contributed by atoms with Crippen LogP contribution >= 0.6 is 11.6 Å². The van der Waals surface area contributed by atoms with Gasteiger partial charge in [-0.1, -0.05) is 137 Å². The molecule has 3 aromatic carbocycles. The van der Waals surface area contributed by atoms with Gasteiger partial charge < -0.3 is 29.3 Å². The smallest absolute Gasteiger partial charge is 0.336 e. The number of halogens is 1. The third kappa shape index (κ3) is 9.44. The number of carbonyl (C=O) groups is 3. The molecule has 0 saturated carbocycles. The quantitative estimate of drug-likeness (QED) is 0.0784. The second-order valence-corrected chi connectivity index (χ2v) is 13.4. The molecule has 1 heterocycles. The molecule has 1 fully saturated rings. The van der Waals surface area contributed by atoms with Gasteiger partial charge in [0.15, 0.2) is 5.60 Å². The first-order valence-electron chi connectivity index (χ1n) is 17.7. The third-order valence-corrected chi connectivity index (χ3v) is 9.93. The number of ether oxygens (including phenoxy) is 3. The topological polar surface area (TPSA) is 123 Å². The largest absolute Gasteiger partial charge is 0.494 e. The van der Waals surface area contributed by atoms with Crippen molar-refractivity contribution >= 4 is 29.5 Å².